The number of benzene rings is 2. The van der Waals surface area contributed by atoms with Crippen molar-refractivity contribution >= 4 is 0 Å². The molecule has 2 aromatic carbocycles. The number of ether oxygens (including phenoxy) is 1. The molecule has 2 atom stereocenters. The van der Waals surface area contributed by atoms with Gasteiger partial charge in [0.05, 0.1) is 6.04 Å². The molecule has 0 bridgehead atoms. The van der Waals surface area contributed by atoms with Gasteiger partial charge in [-0.2, -0.15) is 0 Å². The van der Waals surface area contributed by atoms with Crippen molar-refractivity contribution in [3.63, 3.8) is 0 Å². The lowest BCUT2D eigenvalue weighted by Gasteiger charge is -2.28. The van der Waals surface area contributed by atoms with Crippen molar-refractivity contribution in [1.82, 2.24) is 5.32 Å². The highest BCUT2D eigenvalue weighted by molar-refractivity contribution is 5.28. The minimum atomic E-state index is -0.851. The zero-order valence-corrected chi connectivity index (χ0v) is 12.1. The van der Waals surface area contributed by atoms with Crippen LogP contribution in [0.25, 0.3) is 0 Å². The van der Waals surface area contributed by atoms with Crippen molar-refractivity contribution in [2.45, 2.75) is 19.1 Å². The lowest BCUT2D eigenvalue weighted by Crippen LogP contribution is -2.27. The largest absolute Gasteiger partial charge is 0.372 e. The molecule has 2 nitrogen and oxygen atoms in total. The fraction of sp³-hybridized carbons (Fsp3) is 0.294. The summed E-state index contributed by atoms with van der Waals surface area (Å²) in [5.74, 6) is -1.69. The van der Waals surface area contributed by atoms with Gasteiger partial charge in [0.25, 0.3) is 0 Å². The van der Waals surface area contributed by atoms with Crippen LogP contribution in [0.15, 0.2) is 48.5 Å². The van der Waals surface area contributed by atoms with E-state index in [-0.39, 0.29) is 5.56 Å². The van der Waals surface area contributed by atoms with Gasteiger partial charge in [0, 0.05) is 12.2 Å². The first kappa shape index (κ1) is 15.6. The van der Waals surface area contributed by atoms with Crippen molar-refractivity contribution in [3.05, 3.63) is 71.3 Å². The van der Waals surface area contributed by atoms with Gasteiger partial charge in [-0.25, -0.2) is 8.78 Å². The van der Waals surface area contributed by atoms with Gasteiger partial charge in [0.2, 0.25) is 0 Å². The molecule has 2 rings (SSSR count). The van der Waals surface area contributed by atoms with E-state index >= 15 is 0 Å². The minimum Gasteiger partial charge on any atom is -0.372 e. The fourth-order valence-electron chi connectivity index (χ4n) is 2.44. The summed E-state index contributed by atoms with van der Waals surface area (Å²) < 4.78 is 33.3. The molecule has 0 aliphatic carbocycles. The van der Waals surface area contributed by atoms with Crippen LogP contribution in [0, 0.1) is 11.6 Å². The summed E-state index contributed by atoms with van der Waals surface area (Å²) in [6.45, 7) is 2.36. The van der Waals surface area contributed by atoms with E-state index < -0.39 is 23.8 Å². The molecule has 0 radical (unpaired) electrons. The molecule has 0 saturated carbocycles. The Bertz CT molecular complexity index is 574. The Hall–Kier alpha value is -1.78. The lowest BCUT2D eigenvalue weighted by atomic mass is 9.95. The molecule has 0 aliphatic heterocycles. The monoisotopic (exact) mass is 291 g/mol. The molecule has 2 unspecified atom stereocenters. The second kappa shape index (κ2) is 7.29. The summed E-state index contributed by atoms with van der Waals surface area (Å²) in [7, 11) is 1.71. The van der Waals surface area contributed by atoms with Gasteiger partial charge in [-0.3, -0.25) is 0 Å². The molecule has 21 heavy (non-hydrogen) atoms. The number of hydrogen-bond acceptors (Lipinski definition) is 2. The Labute approximate surface area is 123 Å². The van der Waals surface area contributed by atoms with Crippen molar-refractivity contribution in [1.29, 1.82) is 0 Å². The molecular weight excluding hydrogens is 272 g/mol. The van der Waals surface area contributed by atoms with Crippen LogP contribution in [0.5, 0.6) is 0 Å². The van der Waals surface area contributed by atoms with Crippen LogP contribution in [-0.4, -0.2) is 13.7 Å². The van der Waals surface area contributed by atoms with Gasteiger partial charge in [-0.05, 0) is 25.6 Å². The summed E-state index contributed by atoms with van der Waals surface area (Å²) in [5.41, 5.74) is 1.18. The molecule has 2 aromatic rings. The Morgan fingerprint density at radius 3 is 2.38 bits per heavy atom. The van der Waals surface area contributed by atoms with Gasteiger partial charge >= 0.3 is 0 Å². The highest BCUT2D eigenvalue weighted by Gasteiger charge is 2.27. The SMILES string of the molecule is CCOC(c1ccccc1)C(NC)c1cccc(F)c1F. The minimum absolute atomic E-state index is 0.264. The number of likely N-dealkylation sites (N-methyl/N-ethyl adjacent to an activating group) is 1. The molecule has 1 N–H and O–H groups in total. The zero-order valence-electron chi connectivity index (χ0n) is 12.1. The smallest absolute Gasteiger partial charge is 0.163 e. The first-order chi connectivity index (χ1) is 10.2. The average Bonchev–Trinajstić information content (AvgIpc) is 2.52. The summed E-state index contributed by atoms with van der Waals surface area (Å²) in [6, 6.07) is 13.3. The Morgan fingerprint density at radius 2 is 1.76 bits per heavy atom. The van der Waals surface area contributed by atoms with Gasteiger partial charge in [-0.1, -0.05) is 42.5 Å². The van der Waals surface area contributed by atoms with E-state index in [1.54, 1.807) is 13.1 Å². The van der Waals surface area contributed by atoms with Crippen molar-refractivity contribution < 1.29 is 13.5 Å². The molecule has 0 fully saturated rings. The number of hydrogen-bond donors (Lipinski definition) is 1. The van der Waals surface area contributed by atoms with E-state index in [4.69, 9.17) is 4.74 Å². The van der Waals surface area contributed by atoms with Crippen LogP contribution in [0.4, 0.5) is 8.78 Å². The second-order valence-corrected chi connectivity index (χ2v) is 4.70. The summed E-state index contributed by atoms with van der Waals surface area (Å²) in [4.78, 5) is 0. The molecule has 4 heteroatoms. The third kappa shape index (κ3) is 3.46. The standard InChI is InChI=1S/C17H19F2NO/c1-3-21-17(12-8-5-4-6-9-12)16(20-2)13-10-7-11-14(18)15(13)19/h4-11,16-17,20H,3H2,1-2H3. The topological polar surface area (TPSA) is 21.3 Å². The summed E-state index contributed by atoms with van der Waals surface area (Å²) >= 11 is 0. The van der Waals surface area contributed by atoms with Crippen LogP contribution in [0.1, 0.15) is 30.2 Å². The van der Waals surface area contributed by atoms with Gasteiger partial charge in [-0.15, -0.1) is 0 Å². The van der Waals surface area contributed by atoms with E-state index in [1.165, 1.54) is 6.07 Å². The zero-order chi connectivity index (χ0) is 15.2. The maximum atomic E-state index is 14.1. The number of rotatable bonds is 6. The van der Waals surface area contributed by atoms with Crippen molar-refractivity contribution in [2.24, 2.45) is 0 Å². The molecule has 0 aromatic heterocycles. The van der Waals surface area contributed by atoms with E-state index in [0.717, 1.165) is 11.6 Å². The molecule has 112 valence electrons. The molecular formula is C17H19F2NO. The fourth-order valence-corrected chi connectivity index (χ4v) is 2.44. The van der Waals surface area contributed by atoms with Gasteiger partial charge < -0.3 is 10.1 Å². The van der Waals surface area contributed by atoms with E-state index in [1.807, 2.05) is 37.3 Å². The maximum Gasteiger partial charge on any atom is 0.163 e. The average molecular weight is 291 g/mol. The van der Waals surface area contributed by atoms with Crippen LogP contribution >= 0.6 is 0 Å². The molecule has 0 aliphatic rings. The third-order valence-electron chi connectivity index (χ3n) is 3.40. The van der Waals surface area contributed by atoms with Crippen LogP contribution in [0.2, 0.25) is 0 Å². The summed E-state index contributed by atoms with van der Waals surface area (Å²) in [5, 5.41) is 3.04. The second-order valence-electron chi connectivity index (χ2n) is 4.70. The number of halogens is 2. The molecule has 0 spiro atoms. The van der Waals surface area contributed by atoms with Gasteiger partial charge in [0.1, 0.15) is 6.10 Å². The highest BCUT2D eigenvalue weighted by atomic mass is 19.2. The van der Waals surface area contributed by atoms with E-state index in [9.17, 15) is 8.78 Å². The quantitative estimate of drug-likeness (QED) is 0.868. The summed E-state index contributed by atoms with van der Waals surface area (Å²) in [6.07, 6.45) is -0.391. The Kier molecular flexibility index (Phi) is 5.42. The normalized spacial score (nSPS) is 13.9. The van der Waals surface area contributed by atoms with Gasteiger partial charge in [0.15, 0.2) is 11.6 Å². The first-order valence-electron chi connectivity index (χ1n) is 6.96. The van der Waals surface area contributed by atoms with E-state index in [0.29, 0.717) is 6.61 Å². The van der Waals surface area contributed by atoms with E-state index in [2.05, 4.69) is 5.32 Å². The molecule has 0 saturated heterocycles. The Balaban J connectivity index is 2.43. The highest BCUT2D eigenvalue weighted by Crippen LogP contribution is 2.33. The van der Waals surface area contributed by atoms with Crippen molar-refractivity contribution in [2.75, 3.05) is 13.7 Å². The van der Waals surface area contributed by atoms with Crippen LogP contribution in [0.3, 0.4) is 0 Å². The van der Waals surface area contributed by atoms with Crippen molar-refractivity contribution in [3.8, 4) is 0 Å². The third-order valence-corrected chi connectivity index (χ3v) is 3.40. The number of nitrogens with one attached hydrogen (secondary N) is 1. The van der Waals surface area contributed by atoms with Crippen LogP contribution < -0.4 is 5.32 Å². The predicted molar refractivity (Wildman–Crippen MR) is 79.0 cm³/mol. The molecule has 0 amide bonds. The first-order valence-corrected chi connectivity index (χ1v) is 6.96. The maximum absolute atomic E-state index is 14.1. The molecule has 0 heterocycles. The lowest BCUT2D eigenvalue weighted by molar-refractivity contribution is 0.0336. The van der Waals surface area contributed by atoms with Crippen LogP contribution in [-0.2, 0) is 4.74 Å². The predicted octanol–water partition coefficient (Wildman–Crippen LogP) is 4.00. The Morgan fingerprint density at radius 1 is 1.05 bits per heavy atom.